The van der Waals surface area contributed by atoms with Crippen LogP contribution in [-0.4, -0.2) is 9.38 Å². The summed E-state index contributed by atoms with van der Waals surface area (Å²) < 4.78 is 2.14. The number of aryl methyl sites for hydroxylation is 1. The smallest absolute Gasteiger partial charge is 0.138 e. The summed E-state index contributed by atoms with van der Waals surface area (Å²) in [6, 6.07) is 16.4. The first-order chi connectivity index (χ1) is 10.9. The van der Waals surface area contributed by atoms with E-state index in [1.807, 2.05) is 30.3 Å². The van der Waals surface area contributed by atoms with E-state index in [0.29, 0.717) is 0 Å². The largest absolute Gasteiger partial charge is 0.340 e. The fraction of sp³-hybridized carbons (Fsp3) is 0.316. The van der Waals surface area contributed by atoms with Gasteiger partial charge in [-0.15, -0.1) is 0 Å². The van der Waals surface area contributed by atoms with Crippen LogP contribution in [0.5, 0.6) is 0 Å². The van der Waals surface area contributed by atoms with Crippen molar-refractivity contribution >= 4 is 17.2 Å². The van der Waals surface area contributed by atoms with Crippen LogP contribution < -0.4 is 5.32 Å². The van der Waals surface area contributed by atoms with E-state index in [0.717, 1.165) is 29.3 Å². The van der Waals surface area contributed by atoms with Crippen LogP contribution in [-0.2, 0) is 6.42 Å². The Morgan fingerprint density at radius 3 is 2.59 bits per heavy atom. The maximum atomic E-state index is 4.81. The summed E-state index contributed by atoms with van der Waals surface area (Å²) in [6.45, 7) is 2.24. The monoisotopic (exact) mass is 293 g/mol. The van der Waals surface area contributed by atoms with Crippen molar-refractivity contribution in [2.75, 3.05) is 5.32 Å². The Morgan fingerprint density at radius 2 is 1.77 bits per heavy atom. The van der Waals surface area contributed by atoms with Gasteiger partial charge in [-0.25, -0.2) is 4.98 Å². The van der Waals surface area contributed by atoms with Gasteiger partial charge in [0.25, 0.3) is 0 Å². The summed E-state index contributed by atoms with van der Waals surface area (Å²) in [4.78, 5) is 4.81. The molecule has 0 aliphatic heterocycles. The Morgan fingerprint density at radius 1 is 0.955 bits per heavy atom. The van der Waals surface area contributed by atoms with E-state index >= 15 is 0 Å². The van der Waals surface area contributed by atoms with Gasteiger partial charge in [-0.05, 0) is 37.1 Å². The molecule has 3 heteroatoms. The van der Waals surface area contributed by atoms with Crippen LogP contribution in [0, 0.1) is 0 Å². The molecule has 2 aromatic heterocycles. The number of imidazole rings is 1. The highest BCUT2D eigenvalue weighted by molar-refractivity contribution is 5.63. The van der Waals surface area contributed by atoms with Crippen molar-refractivity contribution in [3.05, 3.63) is 60.4 Å². The molecule has 0 aliphatic rings. The standard InChI is InChI=1S/C19H23N3/c1-2-3-4-8-13-17-19(20-16-11-6-5-7-12-16)22-15-10-9-14-18(22)21-17/h5-7,9-12,14-15,20H,2-4,8,13H2,1H3. The summed E-state index contributed by atoms with van der Waals surface area (Å²) in [7, 11) is 0. The molecule has 0 atom stereocenters. The molecule has 0 aliphatic carbocycles. The minimum atomic E-state index is 1.01. The Bertz CT molecular complexity index is 716. The Kier molecular flexibility index (Phi) is 4.74. The molecule has 3 nitrogen and oxygen atoms in total. The van der Waals surface area contributed by atoms with Gasteiger partial charge < -0.3 is 5.32 Å². The molecule has 0 amide bonds. The van der Waals surface area contributed by atoms with E-state index in [1.54, 1.807) is 0 Å². The molecule has 1 N–H and O–H groups in total. The van der Waals surface area contributed by atoms with E-state index in [2.05, 4.69) is 41.0 Å². The number of hydrogen-bond acceptors (Lipinski definition) is 2. The van der Waals surface area contributed by atoms with E-state index in [4.69, 9.17) is 4.98 Å². The second kappa shape index (κ2) is 7.12. The normalized spacial score (nSPS) is 11.0. The van der Waals surface area contributed by atoms with Gasteiger partial charge in [0.05, 0.1) is 5.69 Å². The first-order valence-corrected chi connectivity index (χ1v) is 8.16. The molecule has 1 aromatic carbocycles. The number of benzene rings is 1. The molecule has 0 fully saturated rings. The molecule has 2 heterocycles. The summed E-state index contributed by atoms with van der Waals surface area (Å²) in [5.74, 6) is 1.10. The highest BCUT2D eigenvalue weighted by Crippen LogP contribution is 2.24. The molecular weight excluding hydrogens is 270 g/mol. The number of fused-ring (bicyclic) bond motifs is 1. The van der Waals surface area contributed by atoms with Crippen LogP contribution in [0.1, 0.15) is 38.3 Å². The topological polar surface area (TPSA) is 29.3 Å². The summed E-state index contributed by atoms with van der Waals surface area (Å²) in [5, 5.41) is 3.54. The molecule has 22 heavy (non-hydrogen) atoms. The summed E-state index contributed by atoms with van der Waals surface area (Å²) in [6.07, 6.45) is 8.13. The van der Waals surface area contributed by atoms with E-state index < -0.39 is 0 Å². The lowest BCUT2D eigenvalue weighted by Crippen LogP contribution is -1.98. The zero-order valence-electron chi connectivity index (χ0n) is 13.1. The van der Waals surface area contributed by atoms with E-state index in [9.17, 15) is 0 Å². The van der Waals surface area contributed by atoms with Crippen molar-refractivity contribution < 1.29 is 0 Å². The van der Waals surface area contributed by atoms with Crippen molar-refractivity contribution in [2.45, 2.75) is 39.0 Å². The highest BCUT2D eigenvalue weighted by Gasteiger charge is 2.11. The lowest BCUT2D eigenvalue weighted by atomic mass is 10.1. The lowest BCUT2D eigenvalue weighted by molar-refractivity contribution is 0.663. The molecule has 0 unspecified atom stereocenters. The quantitative estimate of drug-likeness (QED) is 0.607. The molecule has 3 rings (SSSR count). The highest BCUT2D eigenvalue weighted by atomic mass is 15.1. The van der Waals surface area contributed by atoms with Crippen molar-refractivity contribution in [3.63, 3.8) is 0 Å². The summed E-state index contributed by atoms with van der Waals surface area (Å²) in [5.41, 5.74) is 3.26. The third-order valence-electron chi connectivity index (χ3n) is 3.91. The fourth-order valence-corrected chi connectivity index (χ4v) is 2.73. The average Bonchev–Trinajstić information content (AvgIpc) is 2.91. The van der Waals surface area contributed by atoms with Crippen LogP contribution >= 0.6 is 0 Å². The van der Waals surface area contributed by atoms with Crippen LogP contribution in [0.2, 0.25) is 0 Å². The van der Waals surface area contributed by atoms with Crippen LogP contribution in [0.25, 0.3) is 5.65 Å². The van der Waals surface area contributed by atoms with Gasteiger partial charge in [-0.3, -0.25) is 4.40 Å². The molecule has 0 radical (unpaired) electrons. The van der Waals surface area contributed by atoms with Crippen molar-refractivity contribution in [2.24, 2.45) is 0 Å². The third-order valence-corrected chi connectivity index (χ3v) is 3.91. The molecule has 114 valence electrons. The maximum Gasteiger partial charge on any atom is 0.138 e. The molecule has 0 bridgehead atoms. The SMILES string of the molecule is CCCCCCc1nc2ccccn2c1Nc1ccccc1. The van der Waals surface area contributed by atoms with Gasteiger partial charge in [0.1, 0.15) is 11.5 Å². The van der Waals surface area contributed by atoms with Crippen LogP contribution in [0.15, 0.2) is 54.7 Å². The molecule has 0 saturated carbocycles. The van der Waals surface area contributed by atoms with Gasteiger partial charge in [0.2, 0.25) is 0 Å². The molecule has 0 spiro atoms. The molecule has 0 saturated heterocycles. The zero-order chi connectivity index (χ0) is 15.2. The van der Waals surface area contributed by atoms with Crippen molar-refractivity contribution in [1.29, 1.82) is 0 Å². The van der Waals surface area contributed by atoms with Gasteiger partial charge in [0.15, 0.2) is 0 Å². The Hall–Kier alpha value is -2.29. The second-order valence-electron chi connectivity index (χ2n) is 5.64. The maximum absolute atomic E-state index is 4.81. The number of hydrogen-bond donors (Lipinski definition) is 1. The van der Waals surface area contributed by atoms with Crippen LogP contribution in [0.4, 0.5) is 11.5 Å². The predicted octanol–water partition coefficient (Wildman–Crippen LogP) is 5.20. The Balaban J connectivity index is 1.87. The number of pyridine rings is 1. The number of para-hydroxylation sites is 1. The van der Waals surface area contributed by atoms with Gasteiger partial charge in [-0.1, -0.05) is 50.5 Å². The number of nitrogens with one attached hydrogen (secondary N) is 1. The predicted molar refractivity (Wildman–Crippen MR) is 92.8 cm³/mol. The molecular formula is C19H23N3. The first kappa shape index (κ1) is 14.6. The van der Waals surface area contributed by atoms with Gasteiger partial charge in [0, 0.05) is 11.9 Å². The lowest BCUT2D eigenvalue weighted by Gasteiger charge is -2.08. The molecule has 3 aromatic rings. The van der Waals surface area contributed by atoms with Crippen LogP contribution in [0.3, 0.4) is 0 Å². The number of nitrogens with zero attached hydrogens (tertiary/aromatic N) is 2. The van der Waals surface area contributed by atoms with E-state index in [-0.39, 0.29) is 0 Å². The number of rotatable bonds is 7. The van der Waals surface area contributed by atoms with Gasteiger partial charge >= 0.3 is 0 Å². The van der Waals surface area contributed by atoms with Crippen molar-refractivity contribution in [1.82, 2.24) is 9.38 Å². The second-order valence-corrected chi connectivity index (χ2v) is 5.64. The van der Waals surface area contributed by atoms with E-state index in [1.165, 1.54) is 25.7 Å². The number of anilines is 2. The number of unbranched alkanes of at least 4 members (excludes halogenated alkanes) is 3. The third kappa shape index (κ3) is 3.30. The van der Waals surface area contributed by atoms with Gasteiger partial charge in [-0.2, -0.15) is 0 Å². The average molecular weight is 293 g/mol. The summed E-state index contributed by atoms with van der Waals surface area (Å²) >= 11 is 0. The van der Waals surface area contributed by atoms with Crippen molar-refractivity contribution in [3.8, 4) is 0 Å². The Labute approximate surface area is 132 Å². The zero-order valence-corrected chi connectivity index (χ0v) is 13.1. The minimum Gasteiger partial charge on any atom is -0.340 e. The minimum absolute atomic E-state index is 1.01. The number of aromatic nitrogens is 2. The fourth-order valence-electron chi connectivity index (χ4n) is 2.73. The first-order valence-electron chi connectivity index (χ1n) is 8.16.